The van der Waals surface area contributed by atoms with Crippen LogP contribution >= 0.6 is 0 Å². The van der Waals surface area contributed by atoms with E-state index in [1.54, 1.807) is 12.4 Å². The Bertz CT molecular complexity index is 648. The summed E-state index contributed by atoms with van der Waals surface area (Å²) in [6, 6.07) is 1.55. The fraction of sp³-hybridized carbons (Fsp3) is 0.667. The number of pyridine rings is 1. The first kappa shape index (κ1) is 20.5. The highest BCUT2D eigenvalue weighted by atomic mass is 28.4. The van der Waals surface area contributed by atoms with Gasteiger partial charge in [0.05, 0.1) is 29.7 Å². The lowest BCUT2D eigenvalue weighted by molar-refractivity contribution is 0.0722. The lowest BCUT2D eigenvalue weighted by Crippen LogP contribution is -2.62. The molecule has 2 rings (SSSR count). The second-order valence-electron chi connectivity index (χ2n) is 8.72. The van der Waals surface area contributed by atoms with Gasteiger partial charge < -0.3 is 25.5 Å². The molecule has 1 aromatic rings. The Kier molecular flexibility index (Phi) is 5.87. The lowest BCUT2D eigenvalue weighted by atomic mass is 9.92. The Morgan fingerprint density at radius 3 is 2.62 bits per heavy atom. The van der Waals surface area contributed by atoms with E-state index in [-0.39, 0.29) is 23.1 Å². The van der Waals surface area contributed by atoms with Crippen molar-refractivity contribution in [2.24, 2.45) is 5.92 Å². The smallest absolute Gasteiger partial charge is 0.405 e. The van der Waals surface area contributed by atoms with Gasteiger partial charge in [-0.25, -0.2) is 4.79 Å². The van der Waals surface area contributed by atoms with Gasteiger partial charge >= 0.3 is 6.09 Å². The van der Waals surface area contributed by atoms with Crippen molar-refractivity contribution in [2.75, 3.05) is 23.7 Å². The summed E-state index contributed by atoms with van der Waals surface area (Å²) >= 11 is 0. The summed E-state index contributed by atoms with van der Waals surface area (Å²) < 4.78 is 6.63. The lowest BCUT2D eigenvalue weighted by Gasteiger charge is -2.48. The summed E-state index contributed by atoms with van der Waals surface area (Å²) in [6.45, 7) is 14.4. The van der Waals surface area contributed by atoms with Crippen LogP contribution in [0.2, 0.25) is 18.1 Å². The molecule has 0 unspecified atom stereocenters. The van der Waals surface area contributed by atoms with Gasteiger partial charge in [0.2, 0.25) is 0 Å². The van der Waals surface area contributed by atoms with Gasteiger partial charge in [-0.1, -0.05) is 27.7 Å². The summed E-state index contributed by atoms with van der Waals surface area (Å²) in [4.78, 5) is 17.5. The van der Waals surface area contributed by atoms with Crippen LogP contribution in [0.4, 0.5) is 16.2 Å². The van der Waals surface area contributed by atoms with Crippen molar-refractivity contribution in [1.29, 1.82) is 0 Å². The number of hydrogen-bond acceptors (Lipinski definition) is 5. The van der Waals surface area contributed by atoms with Crippen molar-refractivity contribution in [3.05, 3.63) is 18.5 Å². The van der Waals surface area contributed by atoms with E-state index in [0.717, 1.165) is 12.2 Å². The van der Waals surface area contributed by atoms with Crippen LogP contribution < -0.4 is 16.0 Å². The molecule has 0 bridgehead atoms. The molecule has 4 N–H and O–H groups in total. The topological polar surface area (TPSA) is 101 Å². The number of hydrogen-bond donors (Lipinski definition) is 3. The van der Waals surface area contributed by atoms with Crippen molar-refractivity contribution in [3.8, 4) is 0 Å². The highest BCUT2D eigenvalue weighted by Crippen LogP contribution is 2.39. The van der Waals surface area contributed by atoms with Gasteiger partial charge in [0.15, 0.2) is 8.32 Å². The Morgan fingerprint density at radius 1 is 1.42 bits per heavy atom. The maximum Gasteiger partial charge on any atom is 0.405 e. The van der Waals surface area contributed by atoms with Crippen molar-refractivity contribution < 1.29 is 14.3 Å². The van der Waals surface area contributed by atoms with E-state index >= 15 is 0 Å². The third kappa shape index (κ3) is 4.48. The number of nitrogens with one attached hydrogen (secondary N) is 1. The summed E-state index contributed by atoms with van der Waals surface area (Å²) in [5, 5.41) is 12.1. The van der Waals surface area contributed by atoms with E-state index in [1.807, 2.05) is 6.07 Å². The van der Waals surface area contributed by atoms with Crippen molar-refractivity contribution >= 4 is 25.8 Å². The molecule has 0 spiro atoms. The van der Waals surface area contributed by atoms with Gasteiger partial charge in [0, 0.05) is 25.2 Å². The largest absolute Gasteiger partial charge is 0.465 e. The van der Waals surface area contributed by atoms with Crippen molar-refractivity contribution in [1.82, 2.24) is 10.3 Å². The molecule has 0 radical (unpaired) electrons. The summed E-state index contributed by atoms with van der Waals surface area (Å²) in [5.41, 5.74) is 7.55. The number of anilines is 2. The van der Waals surface area contributed by atoms with E-state index in [2.05, 4.69) is 56.0 Å². The molecule has 1 aliphatic rings. The average molecular weight is 381 g/mol. The maximum atomic E-state index is 11.4. The molecule has 3 atom stereocenters. The summed E-state index contributed by atoms with van der Waals surface area (Å²) in [7, 11) is -2.03. The molecule has 0 aliphatic carbocycles. The number of nitrogens with zero attached hydrogens (tertiary/aromatic N) is 2. The molecule has 1 aromatic heterocycles. The molecule has 26 heavy (non-hydrogen) atoms. The molecule has 1 amide bonds. The molecule has 1 aliphatic heterocycles. The van der Waals surface area contributed by atoms with Crippen LogP contribution in [0.25, 0.3) is 0 Å². The van der Waals surface area contributed by atoms with Crippen LogP contribution in [-0.2, 0) is 4.43 Å². The van der Waals surface area contributed by atoms with Gasteiger partial charge in [-0.05, 0) is 24.2 Å². The second-order valence-corrected chi connectivity index (χ2v) is 13.5. The molecule has 8 heteroatoms. The van der Waals surface area contributed by atoms with E-state index in [0.29, 0.717) is 12.2 Å². The van der Waals surface area contributed by atoms with Crippen LogP contribution in [0.3, 0.4) is 0 Å². The molecule has 1 fully saturated rings. The fourth-order valence-electron chi connectivity index (χ4n) is 3.15. The number of rotatable bonds is 4. The predicted octanol–water partition coefficient (Wildman–Crippen LogP) is 3.15. The molecule has 1 saturated heterocycles. The zero-order chi connectivity index (χ0) is 19.7. The Balaban J connectivity index is 2.27. The molecule has 146 valence electrons. The van der Waals surface area contributed by atoms with Crippen molar-refractivity contribution in [3.63, 3.8) is 0 Å². The van der Waals surface area contributed by atoms with Gasteiger partial charge in [-0.15, -0.1) is 0 Å². The molecule has 7 nitrogen and oxygen atoms in total. The number of aromatic nitrogens is 1. The quantitative estimate of drug-likeness (QED) is 0.694. The van der Waals surface area contributed by atoms with E-state index in [9.17, 15) is 9.90 Å². The van der Waals surface area contributed by atoms with Crippen LogP contribution in [0, 0.1) is 5.92 Å². The number of carboxylic acid groups (broad SMARTS) is 1. The van der Waals surface area contributed by atoms with Crippen LogP contribution in [-0.4, -0.2) is 49.7 Å². The minimum absolute atomic E-state index is 0.0627. The number of carbonyl (C=O) groups is 1. The number of nitrogen functional groups attached to an aromatic ring is 1. The van der Waals surface area contributed by atoms with E-state index in [4.69, 9.17) is 10.2 Å². The number of piperidine rings is 1. The second kappa shape index (κ2) is 7.44. The maximum absolute atomic E-state index is 11.4. The van der Waals surface area contributed by atoms with Crippen LogP contribution in [0.15, 0.2) is 18.5 Å². The molecular weight excluding hydrogens is 348 g/mol. The Morgan fingerprint density at radius 2 is 2.08 bits per heavy atom. The first-order valence-corrected chi connectivity index (χ1v) is 11.9. The first-order valence-electron chi connectivity index (χ1n) is 9.04. The number of nitrogens with two attached hydrogens (primary N) is 1. The highest BCUT2D eigenvalue weighted by molar-refractivity contribution is 6.74. The van der Waals surface area contributed by atoms with Crippen LogP contribution in [0.5, 0.6) is 0 Å². The minimum atomic E-state index is -2.03. The summed E-state index contributed by atoms with van der Waals surface area (Å²) in [6.07, 6.45) is 2.13. The van der Waals surface area contributed by atoms with Gasteiger partial charge in [-0.2, -0.15) is 0 Å². The van der Waals surface area contributed by atoms with Gasteiger partial charge in [0.1, 0.15) is 0 Å². The molecule has 2 heterocycles. The summed E-state index contributed by atoms with van der Waals surface area (Å²) in [5.74, 6) is 0.155. The fourth-order valence-corrected chi connectivity index (χ4v) is 4.58. The zero-order valence-electron chi connectivity index (χ0n) is 16.6. The molecular formula is C18H32N4O3Si. The average Bonchev–Trinajstić information content (AvgIpc) is 2.49. The molecule has 0 aromatic carbocycles. The van der Waals surface area contributed by atoms with Crippen LogP contribution in [0.1, 0.15) is 27.7 Å². The van der Waals surface area contributed by atoms with Crippen molar-refractivity contribution in [2.45, 2.75) is 58.0 Å². The normalized spacial score (nSPS) is 24.4. The first-order chi connectivity index (χ1) is 11.9. The standard InChI is InChI=1S/C18H32N4O3Si/c1-12-10-22(15-7-8-20-9-13(15)19)11-14(21-17(23)24)16(12)25-26(5,6)18(2,3)4/h7-9,12,14,16,21H,10-11,19H2,1-6H3,(H,23,24)/t12-,14+,16-/m0/s1. The zero-order valence-corrected chi connectivity index (χ0v) is 17.6. The monoisotopic (exact) mass is 380 g/mol. The Labute approximate surface area is 157 Å². The van der Waals surface area contributed by atoms with E-state index in [1.165, 1.54) is 0 Å². The highest BCUT2D eigenvalue weighted by Gasteiger charge is 2.45. The third-order valence-corrected chi connectivity index (χ3v) is 10.1. The third-order valence-electron chi connectivity index (χ3n) is 5.60. The minimum Gasteiger partial charge on any atom is -0.465 e. The number of amides is 1. The predicted molar refractivity (Wildman–Crippen MR) is 107 cm³/mol. The van der Waals surface area contributed by atoms with Gasteiger partial charge in [-0.3, -0.25) is 4.98 Å². The van der Waals surface area contributed by atoms with E-state index < -0.39 is 14.4 Å². The Hall–Kier alpha value is -1.80. The molecule has 0 saturated carbocycles. The SMILES string of the molecule is C[C@H]1CN(c2ccncc2N)C[C@@H](NC(=O)O)[C@H]1O[Si](C)(C)C(C)(C)C. The van der Waals surface area contributed by atoms with Gasteiger partial charge in [0.25, 0.3) is 0 Å².